The van der Waals surface area contributed by atoms with Crippen LogP contribution in [0.5, 0.6) is 5.75 Å². The zero-order chi connectivity index (χ0) is 13.7. The highest BCUT2D eigenvalue weighted by Gasteiger charge is 2.16. The third-order valence-corrected chi connectivity index (χ3v) is 3.55. The van der Waals surface area contributed by atoms with E-state index in [4.69, 9.17) is 4.74 Å². The molecule has 100 valence electrons. The molecule has 0 heterocycles. The molecule has 0 aliphatic heterocycles. The van der Waals surface area contributed by atoms with E-state index in [2.05, 4.69) is 26.5 Å². The molecule has 0 fully saturated rings. The lowest BCUT2D eigenvalue weighted by Crippen LogP contribution is -2.19. The number of hydrogen-bond donors (Lipinski definition) is 1. The van der Waals surface area contributed by atoms with Crippen molar-refractivity contribution in [3.63, 3.8) is 0 Å². The van der Waals surface area contributed by atoms with Gasteiger partial charge in [-0.05, 0) is 24.7 Å². The number of nitro benzene ring substituents is 1. The first-order valence-electron chi connectivity index (χ1n) is 5.95. The summed E-state index contributed by atoms with van der Waals surface area (Å²) in [6, 6.07) is 4.89. The summed E-state index contributed by atoms with van der Waals surface area (Å²) in [7, 11) is 0. The Morgan fingerprint density at radius 2 is 2.11 bits per heavy atom. The Balaban J connectivity index is 2.79. The molecule has 0 bridgehead atoms. The Labute approximate surface area is 113 Å². The van der Waals surface area contributed by atoms with Crippen LogP contribution in [0.25, 0.3) is 0 Å². The van der Waals surface area contributed by atoms with Crippen molar-refractivity contribution in [2.75, 3.05) is 12.4 Å². The molecule has 0 aliphatic carbocycles. The second-order valence-corrected chi connectivity index (χ2v) is 5.02. The Kier molecular flexibility index (Phi) is 5.47. The van der Waals surface area contributed by atoms with E-state index in [-0.39, 0.29) is 10.6 Å². The van der Waals surface area contributed by atoms with Crippen molar-refractivity contribution < 1.29 is 9.66 Å². The third kappa shape index (κ3) is 3.63. The first-order chi connectivity index (χ1) is 8.47. The average molecular weight is 269 g/mol. The quantitative estimate of drug-likeness (QED) is 0.488. The summed E-state index contributed by atoms with van der Waals surface area (Å²) in [5.41, 5.74) is 0.670. The highest BCUT2D eigenvalue weighted by Crippen LogP contribution is 2.27. The fraction of sp³-hybridized carbons (Fsp3) is 0.538. The number of rotatable bonds is 6. The Bertz CT molecular complexity index is 421. The number of thiol groups is 1. The SMILES string of the molecule is Cc1c(OCC(CS)C(C)C)cccc1[N+](=O)[O-]. The predicted molar refractivity (Wildman–Crippen MR) is 75.5 cm³/mol. The van der Waals surface area contributed by atoms with Crippen molar-refractivity contribution in [3.8, 4) is 5.75 Å². The Morgan fingerprint density at radius 1 is 1.44 bits per heavy atom. The molecule has 0 amide bonds. The first-order valence-corrected chi connectivity index (χ1v) is 6.58. The molecular weight excluding hydrogens is 250 g/mol. The van der Waals surface area contributed by atoms with E-state index >= 15 is 0 Å². The van der Waals surface area contributed by atoms with Crippen molar-refractivity contribution in [3.05, 3.63) is 33.9 Å². The van der Waals surface area contributed by atoms with Crippen LogP contribution < -0.4 is 4.74 Å². The molecule has 1 rings (SSSR count). The first kappa shape index (κ1) is 14.8. The highest BCUT2D eigenvalue weighted by atomic mass is 32.1. The Morgan fingerprint density at radius 3 is 2.61 bits per heavy atom. The van der Waals surface area contributed by atoms with Crippen LogP contribution in [-0.2, 0) is 0 Å². The van der Waals surface area contributed by atoms with Crippen LogP contribution in [0.3, 0.4) is 0 Å². The van der Waals surface area contributed by atoms with Crippen LogP contribution in [0.15, 0.2) is 18.2 Å². The summed E-state index contributed by atoms with van der Waals surface area (Å²) in [4.78, 5) is 10.4. The summed E-state index contributed by atoms with van der Waals surface area (Å²) >= 11 is 4.29. The zero-order valence-corrected chi connectivity index (χ0v) is 11.8. The average Bonchev–Trinajstić information content (AvgIpc) is 2.31. The summed E-state index contributed by atoms with van der Waals surface area (Å²) < 4.78 is 5.69. The third-order valence-electron chi connectivity index (χ3n) is 3.08. The van der Waals surface area contributed by atoms with Crippen LogP contribution in [-0.4, -0.2) is 17.3 Å². The van der Waals surface area contributed by atoms with Gasteiger partial charge in [-0.1, -0.05) is 19.9 Å². The minimum Gasteiger partial charge on any atom is -0.493 e. The molecule has 0 N–H and O–H groups in total. The van der Waals surface area contributed by atoms with Crippen LogP contribution in [0.2, 0.25) is 0 Å². The normalized spacial score (nSPS) is 12.5. The van der Waals surface area contributed by atoms with E-state index in [9.17, 15) is 10.1 Å². The van der Waals surface area contributed by atoms with Crippen molar-refractivity contribution in [1.82, 2.24) is 0 Å². The lowest BCUT2D eigenvalue weighted by atomic mass is 9.99. The number of hydrogen-bond acceptors (Lipinski definition) is 4. The Hall–Kier alpha value is -1.23. The lowest BCUT2D eigenvalue weighted by molar-refractivity contribution is -0.385. The van der Waals surface area contributed by atoms with Gasteiger partial charge in [-0.2, -0.15) is 12.6 Å². The molecule has 1 aromatic carbocycles. The van der Waals surface area contributed by atoms with Crippen molar-refractivity contribution in [1.29, 1.82) is 0 Å². The summed E-state index contributed by atoms with van der Waals surface area (Å²) in [6.45, 7) is 6.47. The molecule has 0 radical (unpaired) electrons. The van der Waals surface area contributed by atoms with E-state index in [0.717, 1.165) is 5.75 Å². The van der Waals surface area contributed by atoms with Gasteiger partial charge in [0.25, 0.3) is 5.69 Å². The van der Waals surface area contributed by atoms with E-state index < -0.39 is 0 Å². The van der Waals surface area contributed by atoms with E-state index in [1.54, 1.807) is 19.1 Å². The van der Waals surface area contributed by atoms with Crippen LogP contribution in [0.1, 0.15) is 19.4 Å². The van der Waals surface area contributed by atoms with Crippen molar-refractivity contribution in [2.24, 2.45) is 11.8 Å². The van der Waals surface area contributed by atoms with Crippen LogP contribution in [0, 0.1) is 28.9 Å². The zero-order valence-electron chi connectivity index (χ0n) is 10.9. The predicted octanol–water partition coefficient (Wildman–Crippen LogP) is 3.48. The molecule has 18 heavy (non-hydrogen) atoms. The molecule has 1 unspecified atom stereocenters. The minimum atomic E-state index is -0.388. The molecular formula is C13H19NO3S. The van der Waals surface area contributed by atoms with E-state index in [1.165, 1.54) is 6.07 Å². The molecule has 0 aromatic heterocycles. The van der Waals surface area contributed by atoms with Gasteiger partial charge in [0.1, 0.15) is 5.75 Å². The van der Waals surface area contributed by atoms with Crippen LogP contribution >= 0.6 is 12.6 Å². The maximum atomic E-state index is 10.8. The van der Waals surface area contributed by atoms with Crippen LogP contribution in [0.4, 0.5) is 5.69 Å². The van der Waals surface area contributed by atoms with Gasteiger partial charge >= 0.3 is 0 Å². The van der Waals surface area contributed by atoms with Gasteiger partial charge in [-0.25, -0.2) is 0 Å². The molecule has 5 heteroatoms. The van der Waals surface area contributed by atoms with Crippen molar-refractivity contribution >= 4 is 18.3 Å². The van der Waals surface area contributed by atoms with Gasteiger partial charge in [-0.3, -0.25) is 10.1 Å². The van der Waals surface area contributed by atoms with E-state index in [1.807, 2.05) is 0 Å². The molecule has 1 aromatic rings. The molecule has 1 atom stereocenters. The smallest absolute Gasteiger partial charge is 0.276 e. The van der Waals surface area contributed by atoms with Gasteiger partial charge in [0.05, 0.1) is 17.1 Å². The summed E-state index contributed by atoms with van der Waals surface area (Å²) in [5, 5.41) is 10.8. The van der Waals surface area contributed by atoms with Gasteiger partial charge < -0.3 is 4.74 Å². The number of benzene rings is 1. The topological polar surface area (TPSA) is 52.4 Å². The maximum Gasteiger partial charge on any atom is 0.276 e. The van der Waals surface area contributed by atoms with E-state index in [0.29, 0.717) is 29.8 Å². The number of ether oxygens (including phenoxy) is 1. The van der Waals surface area contributed by atoms with Crippen molar-refractivity contribution in [2.45, 2.75) is 20.8 Å². The minimum absolute atomic E-state index is 0.0967. The maximum absolute atomic E-state index is 10.8. The second-order valence-electron chi connectivity index (χ2n) is 4.66. The van der Waals surface area contributed by atoms with Gasteiger partial charge in [0.2, 0.25) is 0 Å². The lowest BCUT2D eigenvalue weighted by Gasteiger charge is -2.19. The highest BCUT2D eigenvalue weighted by molar-refractivity contribution is 7.80. The summed E-state index contributed by atoms with van der Waals surface area (Å²) in [5.74, 6) is 2.14. The molecule has 0 saturated heterocycles. The number of nitro groups is 1. The second kappa shape index (κ2) is 6.64. The monoisotopic (exact) mass is 269 g/mol. The molecule has 4 nitrogen and oxygen atoms in total. The molecule has 0 saturated carbocycles. The summed E-state index contributed by atoms with van der Waals surface area (Å²) in [6.07, 6.45) is 0. The van der Waals surface area contributed by atoms with Gasteiger partial charge in [0.15, 0.2) is 0 Å². The number of nitrogens with zero attached hydrogens (tertiary/aromatic N) is 1. The van der Waals surface area contributed by atoms with Gasteiger partial charge in [-0.15, -0.1) is 0 Å². The fourth-order valence-electron chi connectivity index (χ4n) is 1.61. The molecule has 0 aliphatic rings. The molecule has 0 spiro atoms. The standard InChI is InChI=1S/C13H19NO3S/c1-9(2)11(8-18)7-17-13-6-4-5-12(10(13)3)14(15)16/h4-6,9,11,18H,7-8H2,1-3H3. The largest absolute Gasteiger partial charge is 0.493 e. The fourth-order valence-corrected chi connectivity index (χ4v) is 2.14. The van der Waals surface area contributed by atoms with Gasteiger partial charge in [0, 0.05) is 12.0 Å².